The van der Waals surface area contributed by atoms with Crippen molar-refractivity contribution in [1.29, 1.82) is 0 Å². The normalized spacial score (nSPS) is 11.6. The second-order valence-electron chi connectivity index (χ2n) is 2.96. The van der Waals surface area contributed by atoms with E-state index < -0.39 is 17.9 Å². The molecule has 1 aromatic rings. The van der Waals surface area contributed by atoms with Gasteiger partial charge in [0.2, 0.25) is 0 Å². The highest BCUT2D eigenvalue weighted by atomic mass is 32.1. The van der Waals surface area contributed by atoms with Crippen LogP contribution in [0.3, 0.4) is 0 Å². The third-order valence-electron chi connectivity index (χ3n) is 1.58. The van der Waals surface area contributed by atoms with Gasteiger partial charge in [0.1, 0.15) is 11.6 Å². The van der Waals surface area contributed by atoms with Gasteiger partial charge in [-0.25, -0.2) is 4.39 Å². The maximum Gasteiger partial charge on any atom is 0.573 e. The highest BCUT2D eigenvalue weighted by Crippen LogP contribution is 2.25. The molecule has 0 heterocycles. The van der Waals surface area contributed by atoms with E-state index in [2.05, 4.69) is 27.5 Å². The highest BCUT2D eigenvalue weighted by molar-refractivity contribution is 7.80. The largest absolute Gasteiger partial charge is 0.573 e. The van der Waals surface area contributed by atoms with E-state index in [0.717, 1.165) is 24.4 Å². The number of benzene rings is 1. The summed E-state index contributed by atoms with van der Waals surface area (Å²) >= 11 is 4.42. The van der Waals surface area contributed by atoms with E-state index in [1.54, 1.807) is 0 Å². The zero-order valence-corrected chi connectivity index (χ0v) is 9.48. The maximum absolute atomic E-state index is 12.9. The van der Waals surface area contributed by atoms with Crippen molar-refractivity contribution in [2.45, 2.75) is 6.36 Å². The molecule has 0 aliphatic heterocycles. The van der Waals surface area contributed by atoms with Crippen LogP contribution in [0.25, 0.3) is 0 Å². The molecule has 0 unspecified atom stereocenters. The third kappa shape index (κ3) is 4.95. The number of hydrazone groups is 1. The van der Waals surface area contributed by atoms with Crippen molar-refractivity contribution in [2.24, 2.45) is 10.8 Å². The summed E-state index contributed by atoms with van der Waals surface area (Å²) in [6.45, 7) is 0. The minimum Gasteiger partial charge on any atom is -0.405 e. The van der Waals surface area contributed by atoms with Crippen LogP contribution in [0.2, 0.25) is 0 Å². The Bertz CT molecular complexity index is 475. The smallest absolute Gasteiger partial charge is 0.405 e. The Morgan fingerprint density at radius 2 is 2.11 bits per heavy atom. The topological polar surface area (TPSA) is 59.6 Å². The van der Waals surface area contributed by atoms with E-state index in [-0.39, 0.29) is 10.7 Å². The van der Waals surface area contributed by atoms with Gasteiger partial charge < -0.3 is 10.5 Å². The van der Waals surface area contributed by atoms with Gasteiger partial charge in [0.25, 0.3) is 0 Å². The average molecular weight is 281 g/mol. The van der Waals surface area contributed by atoms with Crippen molar-refractivity contribution >= 4 is 23.5 Å². The quantitative estimate of drug-likeness (QED) is 0.384. The van der Waals surface area contributed by atoms with Crippen LogP contribution in [0.4, 0.5) is 17.6 Å². The minimum absolute atomic E-state index is 0.180. The molecule has 0 aliphatic rings. The number of hydrogen-bond donors (Lipinski definition) is 2. The van der Waals surface area contributed by atoms with Crippen LogP contribution in [0.1, 0.15) is 5.56 Å². The van der Waals surface area contributed by atoms with Gasteiger partial charge in [-0.1, -0.05) is 0 Å². The number of halogens is 4. The Morgan fingerprint density at radius 1 is 1.44 bits per heavy atom. The predicted octanol–water partition coefficient (Wildman–Crippen LogP) is 1.89. The molecular formula is C9H7F4N3OS. The molecule has 4 nitrogen and oxygen atoms in total. The lowest BCUT2D eigenvalue weighted by Gasteiger charge is -2.11. The fraction of sp³-hybridized carbons (Fsp3) is 0.111. The monoisotopic (exact) mass is 281 g/mol. The molecule has 0 amide bonds. The van der Waals surface area contributed by atoms with E-state index >= 15 is 0 Å². The maximum atomic E-state index is 12.9. The molecule has 1 rings (SSSR count). The van der Waals surface area contributed by atoms with Gasteiger partial charge in [0, 0.05) is 5.56 Å². The second-order valence-corrected chi connectivity index (χ2v) is 3.40. The first kappa shape index (κ1) is 14.2. The van der Waals surface area contributed by atoms with Gasteiger partial charge in [-0.15, -0.1) is 13.2 Å². The van der Waals surface area contributed by atoms with Gasteiger partial charge in [-0.05, 0) is 30.4 Å². The van der Waals surface area contributed by atoms with E-state index in [0.29, 0.717) is 0 Å². The number of nitrogens with two attached hydrogens (primary N) is 1. The highest BCUT2D eigenvalue weighted by Gasteiger charge is 2.32. The summed E-state index contributed by atoms with van der Waals surface area (Å²) < 4.78 is 52.8. The van der Waals surface area contributed by atoms with E-state index in [4.69, 9.17) is 5.73 Å². The van der Waals surface area contributed by atoms with Crippen LogP contribution in [0.5, 0.6) is 5.75 Å². The molecule has 1 aromatic carbocycles. The van der Waals surface area contributed by atoms with Crippen molar-refractivity contribution < 1.29 is 22.3 Å². The van der Waals surface area contributed by atoms with Crippen molar-refractivity contribution in [2.75, 3.05) is 0 Å². The van der Waals surface area contributed by atoms with Crippen molar-refractivity contribution in [3.63, 3.8) is 0 Å². The number of hydrogen-bond acceptors (Lipinski definition) is 3. The molecule has 98 valence electrons. The molecular weight excluding hydrogens is 274 g/mol. The Kier molecular flexibility index (Phi) is 4.43. The third-order valence-corrected chi connectivity index (χ3v) is 1.67. The fourth-order valence-electron chi connectivity index (χ4n) is 1.00. The molecule has 0 radical (unpaired) electrons. The van der Waals surface area contributed by atoms with Crippen LogP contribution in [0.15, 0.2) is 23.3 Å². The van der Waals surface area contributed by atoms with Gasteiger partial charge in [-0.2, -0.15) is 5.10 Å². The summed E-state index contributed by atoms with van der Waals surface area (Å²) in [5.41, 5.74) is 6.96. The standard InChI is InChI=1S/C9H7F4N3OS/c10-6-1-2-7(17-9(11,12)13)5(3-6)4-15-16-8(14)18/h1-4H,(H3,14,16,18). The molecule has 18 heavy (non-hydrogen) atoms. The minimum atomic E-state index is -4.88. The lowest BCUT2D eigenvalue weighted by Crippen LogP contribution is -2.24. The lowest BCUT2D eigenvalue weighted by atomic mass is 10.2. The van der Waals surface area contributed by atoms with Crippen molar-refractivity contribution in [1.82, 2.24) is 5.43 Å². The van der Waals surface area contributed by atoms with Gasteiger partial charge in [0.15, 0.2) is 5.11 Å². The molecule has 0 spiro atoms. The summed E-state index contributed by atoms with van der Waals surface area (Å²) in [4.78, 5) is 0. The second kappa shape index (κ2) is 5.63. The lowest BCUT2D eigenvalue weighted by molar-refractivity contribution is -0.274. The Morgan fingerprint density at radius 3 is 2.67 bits per heavy atom. The Hall–Kier alpha value is -1.90. The molecule has 0 aliphatic carbocycles. The first-order valence-electron chi connectivity index (χ1n) is 4.42. The zero-order chi connectivity index (χ0) is 13.8. The molecule has 9 heteroatoms. The van der Waals surface area contributed by atoms with Gasteiger partial charge in [-0.3, -0.25) is 5.43 Å². The van der Waals surface area contributed by atoms with E-state index in [1.807, 2.05) is 0 Å². The summed E-state index contributed by atoms with van der Waals surface area (Å²) in [5, 5.41) is 3.24. The van der Waals surface area contributed by atoms with Crippen molar-refractivity contribution in [3.05, 3.63) is 29.6 Å². The van der Waals surface area contributed by atoms with Crippen LogP contribution in [-0.2, 0) is 0 Å². The molecule has 0 saturated heterocycles. The number of thiocarbonyl (C=S) groups is 1. The van der Waals surface area contributed by atoms with Crippen LogP contribution in [0, 0.1) is 5.82 Å². The summed E-state index contributed by atoms with van der Waals surface area (Å²) in [7, 11) is 0. The zero-order valence-electron chi connectivity index (χ0n) is 8.66. The molecule has 0 atom stereocenters. The van der Waals surface area contributed by atoms with E-state index in [1.165, 1.54) is 0 Å². The predicted molar refractivity (Wildman–Crippen MR) is 60.6 cm³/mol. The molecule has 0 bridgehead atoms. The summed E-state index contributed by atoms with van der Waals surface area (Å²) in [6, 6.07) is 2.50. The van der Waals surface area contributed by atoms with Crippen molar-refractivity contribution in [3.8, 4) is 5.75 Å². The molecule has 0 fully saturated rings. The summed E-state index contributed by atoms with van der Waals surface area (Å²) in [5.74, 6) is -1.32. The Balaban J connectivity index is 2.96. The van der Waals surface area contributed by atoms with Crippen LogP contribution < -0.4 is 15.9 Å². The first-order valence-corrected chi connectivity index (χ1v) is 4.82. The van der Waals surface area contributed by atoms with Gasteiger partial charge >= 0.3 is 6.36 Å². The number of alkyl halides is 3. The number of nitrogens with one attached hydrogen (secondary N) is 1. The number of nitrogens with zero attached hydrogens (tertiary/aromatic N) is 1. The van der Waals surface area contributed by atoms with Gasteiger partial charge in [0.05, 0.1) is 6.21 Å². The number of rotatable bonds is 3. The van der Waals surface area contributed by atoms with E-state index in [9.17, 15) is 17.6 Å². The fourth-order valence-corrected chi connectivity index (χ4v) is 1.06. The SMILES string of the molecule is NC(=S)NN=Cc1cc(F)ccc1OC(F)(F)F. The first-order chi connectivity index (χ1) is 8.28. The van der Waals surface area contributed by atoms with Crippen LogP contribution >= 0.6 is 12.2 Å². The molecule has 3 N–H and O–H groups in total. The number of ether oxygens (including phenoxy) is 1. The molecule has 0 saturated carbocycles. The summed E-state index contributed by atoms with van der Waals surface area (Å²) in [6.07, 6.45) is -3.97. The van der Waals surface area contributed by atoms with Crippen LogP contribution in [-0.4, -0.2) is 17.7 Å². The molecule has 0 aromatic heterocycles. The average Bonchev–Trinajstić information content (AvgIpc) is 2.19. The Labute approximate surface area is 104 Å².